The Kier molecular flexibility index (Phi) is 1.80. The maximum Gasteiger partial charge on any atom is 0.326 e. The van der Waals surface area contributed by atoms with Gasteiger partial charge in [-0.25, -0.2) is 4.79 Å². The van der Waals surface area contributed by atoms with Crippen LogP contribution < -0.4 is 16.6 Å². The third-order valence-corrected chi connectivity index (χ3v) is 1.38. The van der Waals surface area contributed by atoms with Gasteiger partial charge in [0.05, 0.1) is 0 Å². The Morgan fingerprint density at radius 3 is 2.36 bits per heavy atom. The first-order valence-corrected chi connectivity index (χ1v) is 3.16. The van der Waals surface area contributed by atoms with Crippen LogP contribution in [0.5, 0.6) is 0 Å². The standard InChI is InChI=1S/C6H9N3O2/c1-3-4(7-2)5(10)9-6(11)8-3/h7H,1-2H3,(H2,8,9,10,11). The van der Waals surface area contributed by atoms with Gasteiger partial charge in [-0.15, -0.1) is 0 Å². The van der Waals surface area contributed by atoms with Crippen LogP contribution in [0.3, 0.4) is 0 Å². The molecule has 0 atom stereocenters. The van der Waals surface area contributed by atoms with Crippen molar-refractivity contribution in [1.29, 1.82) is 0 Å². The number of hydrogen-bond donors (Lipinski definition) is 3. The lowest BCUT2D eigenvalue weighted by atomic mass is 10.4. The topological polar surface area (TPSA) is 77.8 Å². The molecular formula is C6H9N3O2. The van der Waals surface area contributed by atoms with Gasteiger partial charge in [0.1, 0.15) is 5.69 Å². The Balaban J connectivity index is 3.49. The van der Waals surface area contributed by atoms with E-state index in [4.69, 9.17) is 0 Å². The summed E-state index contributed by atoms with van der Waals surface area (Å²) in [5, 5.41) is 2.68. The summed E-state index contributed by atoms with van der Waals surface area (Å²) in [6, 6.07) is 0. The summed E-state index contributed by atoms with van der Waals surface area (Å²) in [7, 11) is 1.62. The Morgan fingerprint density at radius 2 is 1.91 bits per heavy atom. The average molecular weight is 155 g/mol. The number of aromatic nitrogens is 2. The summed E-state index contributed by atoms with van der Waals surface area (Å²) < 4.78 is 0. The smallest absolute Gasteiger partial charge is 0.326 e. The summed E-state index contributed by atoms with van der Waals surface area (Å²) >= 11 is 0. The number of rotatable bonds is 1. The minimum absolute atomic E-state index is 0.393. The van der Waals surface area contributed by atoms with Crippen molar-refractivity contribution in [2.45, 2.75) is 6.92 Å². The van der Waals surface area contributed by atoms with Gasteiger partial charge in [0.25, 0.3) is 5.56 Å². The van der Waals surface area contributed by atoms with E-state index < -0.39 is 11.2 Å². The van der Waals surface area contributed by atoms with Gasteiger partial charge in [-0.3, -0.25) is 9.78 Å². The van der Waals surface area contributed by atoms with Crippen LogP contribution >= 0.6 is 0 Å². The quantitative estimate of drug-likeness (QED) is 0.507. The predicted octanol–water partition coefficient (Wildman–Crippen LogP) is -0.587. The lowest BCUT2D eigenvalue weighted by Gasteiger charge is -2.00. The van der Waals surface area contributed by atoms with Gasteiger partial charge in [0.15, 0.2) is 0 Å². The van der Waals surface area contributed by atoms with Crippen LogP contribution in [-0.4, -0.2) is 17.0 Å². The van der Waals surface area contributed by atoms with E-state index >= 15 is 0 Å². The first-order valence-electron chi connectivity index (χ1n) is 3.16. The molecule has 0 saturated carbocycles. The molecule has 1 rings (SSSR count). The van der Waals surface area contributed by atoms with E-state index in [0.29, 0.717) is 11.4 Å². The second kappa shape index (κ2) is 2.61. The van der Waals surface area contributed by atoms with Crippen LogP contribution in [-0.2, 0) is 0 Å². The molecule has 0 radical (unpaired) electrons. The highest BCUT2D eigenvalue weighted by molar-refractivity contribution is 5.43. The fourth-order valence-corrected chi connectivity index (χ4v) is 0.901. The molecule has 1 aromatic heterocycles. The van der Waals surface area contributed by atoms with Crippen molar-refractivity contribution in [2.75, 3.05) is 12.4 Å². The molecule has 0 aromatic carbocycles. The van der Waals surface area contributed by atoms with Gasteiger partial charge in [-0.1, -0.05) is 0 Å². The summed E-state index contributed by atoms with van der Waals surface area (Å²) in [5.41, 5.74) is 0.0612. The second-order valence-electron chi connectivity index (χ2n) is 2.16. The number of hydrogen-bond acceptors (Lipinski definition) is 3. The van der Waals surface area contributed by atoms with Crippen molar-refractivity contribution in [3.63, 3.8) is 0 Å². The van der Waals surface area contributed by atoms with Gasteiger partial charge in [0, 0.05) is 12.7 Å². The monoisotopic (exact) mass is 155 g/mol. The molecule has 0 bridgehead atoms. The molecule has 0 spiro atoms. The fraction of sp³-hybridized carbons (Fsp3) is 0.333. The maximum absolute atomic E-state index is 11.0. The largest absolute Gasteiger partial charge is 0.382 e. The third-order valence-electron chi connectivity index (χ3n) is 1.38. The van der Waals surface area contributed by atoms with E-state index in [-0.39, 0.29) is 0 Å². The molecule has 11 heavy (non-hydrogen) atoms. The molecule has 0 fully saturated rings. The van der Waals surface area contributed by atoms with Gasteiger partial charge in [-0.2, -0.15) is 0 Å². The number of H-pyrrole nitrogens is 2. The molecule has 5 heteroatoms. The molecule has 1 heterocycles. The highest BCUT2D eigenvalue weighted by Gasteiger charge is 2.00. The van der Waals surface area contributed by atoms with Gasteiger partial charge < -0.3 is 10.3 Å². The zero-order chi connectivity index (χ0) is 8.43. The van der Waals surface area contributed by atoms with Gasteiger partial charge in [0.2, 0.25) is 0 Å². The van der Waals surface area contributed by atoms with Crippen LogP contribution in [0.15, 0.2) is 9.59 Å². The van der Waals surface area contributed by atoms with E-state index in [2.05, 4.69) is 15.3 Å². The van der Waals surface area contributed by atoms with Crippen LogP contribution in [0.1, 0.15) is 5.69 Å². The number of aryl methyl sites for hydroxylation is 1. The van der Waals surface area contributed by atoms with Crippen molar-refractivity contribution in [3.05, 3.63) is 26.5 Å². The number of anilines is 1. The Labute approximate surface area is 62.5 Å². The lowest BCUT2D eigenvalue weighted by Crippen LogP contribution is -2.25. The third kappa shape index (κ3) is 1.31. The van der Waals surface area contributed by atoms with Crippen LogP contribution in [0.4, 0.5) is 5.69 Å². The molecule has 60 valence electrons. The molecule has 1 aromatic rings. The minimum Gasteiger partial charge on any atom is -0.382 e. The SMILES string of the molecule is CNc1c(C)[nH]c(=O)[nH]c1=O. The zero-order valence-corrected chi connectivity index (χ0v) is 6.32. The molecule has 0 unspecified atom stereocenters. The van der Waals surface area contributed by atoms with Crippen molar-refractivity contribution in [1.82, 2.24) is 9.97 Å². The summed E-state index contributed by atoms with van der Waals surface area (Å²) in [6.07, 6.45) is 0. The summed E-state index contributed by atoms with van der Waals surface area (Å²) in [5.74, 6) is 0. The summed E-state index contributed by atoms with van der Waals surface area (Å²) in [4.78, 5) is 26.2. The van der Waals surface area contributed by atoms with E-state index in [1.54, 1.807) is 14.0 Å². The van der Waals surface area contributed by atoms with Crippen molar-refractivity contribution in [3.8, 4) is 0 Å². The second-order valence-corrected chi connectivity index (χ2v) is 2.16. The molecule has 0 aliphatic heterocycles. The van der Waals surface area contributed by atoms with E-state index in [1.807, 2.05) is 0 Å². The normalized spacial score (nSPS) is 9.64. The lowest BCUT2D eigenvalue weighted by molar-refractivity contribution is 0.995. The molecule has 0 aliphatic carbocycles. The Bertz CT molecular complexity index is 363. The average Bonchev–Trinajstić information content (AvgIpc) is 1.85. The van der Waals surface area contributed by atoms with Crippen molar-refractivity contribution in [2.24, 2.45) is 0 Å². The molecule has 0 aliphatic rings. The van der Waals surface area contributed by atoms with E-state index in [9.17, 15) is 9.59 Å². The van der Waals surface area contributed by atoms with E-state index in [0.717, 1.165) is 0 Å². The first-order chi connectivity index (χ1) is 5.15. The Hall–Kier alpha value is -1.52. The first kappa shape index (κ1) is 7.59. The molecule has 3 N–H and O–H groups in total. The molecule has 5 nitrogen and oxygen atoms in total. The highest BCUT2D eigenvalue weighted by Crippen LogP contribution is 1.98. The van der Waals surface area contributed by atoms with Crippen LogP contribution in [0.2, 0.25) is 0 Å². The zero-order valence-electron chi connectivity index (χ0n) is 6.32. The number of aromatic amines is 2. The molecular weight excluding hydrogens is 146 g/mol. The fourth-order valence-electron chi connectivity index (χ4n) is 0.901. The van der Waals surface area contributed by atoms with Crippen molar-refractivity contribution < 1.29 is 0 Å². The van der Waals surface area contributed by atoms with Gasteiger partial charge in [-0.05, 0) is 6.92 Å². The van der Waals surface area contributed by atoms with Crippen LogP contribution in [0, 0.1) is 6.92 Å². The van der Waals surface area contributed by atoms with Crippen LogP contribution in [0.25, 0.3) is 0 Å². The minimum atomic E-state index is -0.480. The number of nitrogens with one attached hydrogen (secondary N) is 3. The summed E-state index contributed by atoms with van der Waals surface area (Å²) in [6.45, 7) is 1.66. The molecule has 0 saturated heterocycles. The van der Waals surface area contributed by atoms with Gasteiger partial charge >= 0.3 is 5.69 Å². The van der Waals surface area contributed by atoms with Crippen molar-refractivity contribution >= 4 is 5.69 Å². The maximum atomic E-state index is 11.0. The predicted molar refractivity (Wildman–Crippen MR) is 42.0 cm³/mol. The molecule has 0 amide bonds. The highest BCUT2D eigenvalue weighted by atomic mass is 16.2. The van der Waals surface area contributed by atoms with E-state index in [1.165, 1.54) is 0 Å². The Morgan fingerprint density at radius 1 is 1.27 bits per heavy atom.